The van der Waals surface area contributed by atoms with Crippen molar-refractivity contribution >= 4 is 5.90 Å². The Balaban J connectivity index is 2.07. The molecule has 1 heterocycles. The maximum atomic E-state index is 5.43. The summed E-state index contributed by atoms with van der Waals surface area (Å²) in [6.45, 7) is 5.78. The largest absolute Gasteiger partial charge is 0.446 e. The van der Waals surface area contributed by atoms with Crippen molar-refractivity contribution in [1.29, 1.82) is 0 Å². The molecular formula is C12H13NO. The van der Waals surface area contributed by atoms with E-state index in [9.17, 15) is 0 Å². The van der Waals surface area contributed by atoms with Crippen LogP contribution in [0.3, 0.4) is 0 Å². The van der Waals surface area contributed by atoms with Gasteiger partial charge in [-0.1, -0.05) is 36.9 Å². The summed E-state index contributed by atoms with van der Waals surface area (Å²) in [6.07, 6.45) is 0.754. The Labute approximate surface area is 83.9 Å². The smallest absolute Gasteiger partial charge is 0.194 e. The van der Waals surface area contributed by atoms with E-state index < -0.39 is 0 Å². The highest BCUT2D eigenvalue weighted by Gasteiger charge is 2.18. The Hall–Kier alpha value is -1.57. The molecule has 0 N–H and O–H groups in total. The van der Waals surface area contributed by atoms with Crippen molar-refractivity contribution in [3.8, 4) is 0 Å². The molecule has 2 heteroatoms. The van der Waals surface area contributed by atoms with Gasteiger partial charge in [0.25, 0.3) is 0 Å². The summed E-state index contributed by atoms with van der Waals surface area (Å²) in [5.41, 5.74) is 1.22. The SMILES string of the molecule is C=C1OC(Cc2ccccc2)=NC1C. The van der Waals surface area contributed by atoms with Crippen LogP contribution in [-0.2, 0) is 11.2 Å². The number of hydrogen-bond donors (Lipinski definition) is 0. The average Bonchev–Trinajstić information content (AvgIpc) is 2.47. The van der Waals surface area contributed by atoms with Crippen molar-refractivity contribution < 1.29 is 4.74 Å². The van der Waals surface area contributed by atoms with Gasteiger partial charge in [-0.2, -0.15) is 0 Å². The molecular weight excluding hydrogens is 174 g/mol. The molecule has 0 amide bonds. The highest BCUT2D eigenvalue weighted by Crippen LogP contribution is 2.17. The van der Waals surface area contributed by atoms with E-state index in [1.165, 1.54) is 5.56 Å². The van der Waals surface area contributed by atoms with E-state index in [2.05, 4.69) is 23.7 Å². The van der Waals surface area contributed by atoms with E-state index in [4.69, 9.17) is 4.74 Å². The fourth-order valence-electron chi connectivity index (χ4n) is 1.40. The monoisotopic (exact) mass is 187 g/mol. The minimum Gasteiger partial charge on any atom is -0.446 e. The zero-order valence-corrected chi connectivity index (χ0v) is 8.23. The number of benzene rings is 1. The molecule has 0 aromatic heterocycles. The Morgan fingerprint density at radius 1 is 1.36 bits per heavy atom. The molecule has 0 radical (unpaired) electrons. The fraction of sp³-hybridized carbons (Fsp3) is 0.250. The van der Waals surface area contributed by atoms with Crippen LogP contribution >= 0.6 is 0 Å². The third-order valence-electron chi connectivity index (χ3n) is 2.25. The molecule has 0 saturated carbocycles. The molecule has 1 aromatic carbocycles. The summed E-state index contributed by atoms with van der Waals surface area (Å²) in [4.78, 5) is 4.36. The molecule has 1 atom stereocenters. The lowest BCUT2D eigenvalue weighted by Gasteiger charge is -2.01. The van der Waals surface area contributed by atoms with Gasteiger partial charge in [-0.05, 0) is 12.5 Å². The van der Waals surface area contributed by atoms with Gasteiger partial charge in [0.1, 0.15) is 11.8 Å². The molecule has 1 aliphatic heterocycles. The summed E-state index contributed by atoms with van der Waals surface area (Å²) >= 11 is 0. The normalized spacial score (nSPS) is 20.5. The number of aliphatic imine (C=N–C) groups is 1. The van der Waals surface area contributed by atoms with Crippen molar-refractivity contribution in [1.82, 2.24) is 0 Å². The van der Waals surface area contributed by atoms with Gasteiger partial charge in [0, 0.05) is 6.42 Å². The predicted octanol–water partition coefficient (Wildman–Crippen LogP) is 2.56. The highest BCUT2D eigenvalue weighted by atomic mass is 16.5. The zero-order valence-electron chi connectivity index (χ0n) is 8.23. The van der Waals surface area contributed by atoms with Gasteiger partial charge in [0.05, 0.1) is 0 Å². The van der Waals surface area contributed by atoms with E-state index in [-0.39, 0.29) is 6.04 Å². The second-order valence-electron chi connectivity index (χ2n) is 3.43. The van der Waals surface area contributed by atoms with Crippen molar-refractivity contribution in [2.75, 3.05) is 0 Å². The predicted molar refractivity (Wildman–Crippen MR) is 57.3 cm³/mol. The lowest BCUT2D eigenvalue weighted by Crippen LogP contribution is -2.01. The van der Waals surface area contributed by atoms with Crippen LogP contribution in [-0.4, -0.2) is 11.9 Å². The van der Waals surface area contributed by atoms with E-state index in [1.54, 1.807) is 0 Å². The van der Waals surface area contributed by atoms with Gasteiger partial charge in [-0.25, -0.2) is 4.99 Å². The van der Waals surface area contributed by atoms with Crippen LogP contribution in [0.1, 0.15) is 12.5 Å². The molecule has 0 fully saturated rings. The van der Waals surface area contributed by atoms with Crippen LogP contribution in [0, 0.1) is 0 Å². The first-order chi connectivity index (χ1) is 6.75. The molecule has 14 heavy (non-hydrogen) atoms. The fourth-order valence-corrected chi connectivity index (χ4v) is 1.40. The first kappa shape index (κ1) is 9.00. The molecule has 1 aromatic rings. The Bertz CT molecular complexity index is 367. The van der Waals surface area contributed by atoms with Crippen LogP contribution in [0.5, 0.6) is 0 Å². The summed E-state index contributed by atoms with van der Waals surface area (Å²) in [5, 5.41) is 0. The van der Waals surface area contributed by atoms with Gasteiger partial charge in [0.2, 0.25) is 0 Å². The van der Waals surface area contributed by atoms with Gasteiger partial charge in [0.15, 0.2) is 5.90 Å². The Morgan fingerprint density at radius 3 is 2.64 bits per heavy atom. The third kappa shape index (κ3) is 1.84. The Morgan fingerprint density at radius 2 is 2.07 bits per heavy atom. The highest BCUT2D eigenvalue weighted by molar-refractivity contribution is 5.81. The van der Waals surface area contributed by atoms with E-state index in [1.807, 2.05) is 25.1 Å². The van der Waals surface area contributed by atoms with Crippen LogP contribution in [0.15, 0.2) is 47.7 Å². The lowest BCUT2D eigenvalue weighted by molar-refractivity contribution is 0.415. The molecule has 2 rings (SSSR count). The second-order valence-corrected chi connectivity index (χ2v) is 3.43. The molecule has 0 spiro atoms. The van der Waals surface area contributed by atoms with Crippen LogP contribution in [0.4, 0.5) is 0 Å². The summed E-state index contributed by atoms with van der Waals surface area (Å²) in [6, 6.07) is 10.3. The van der Waals surface area contributed by atoms with Gasteiger partial charge >= 0.3 is 0 Å². The molecule has 0 saturated heterocycles. The molecule has 1 aliphatic rings. The van der Waals surface area contributed by atoms with Crippen LogP contribution < -0.4 is 0 Å². The molecule has 0 bridgehead atoms. The second kappa shape index (κ2) is 3.66. The standard InChI is InChI=1S/C12H13NO/c1-9-10(2)14-12(13-9)8-11-6-4-3-5-7-11/h3-7,9H,2,8H2,1H3. The average molecular weight is 187 g/mol. The summed E-state index contributed by atoms with van der Waals surface area (Å²) < 4.78 is 5.43. The summed E-state index contributed by atoms with van der Waals surface area (Å²) in [5.74, 6) is 1.52. The molecule has 1 unspecified atom stereocenters. The zero-order chi connectivity index (χ0) is 9.97. The van der Waals surface area contributed by atoms with Crippen molar-refractivity contribution in [2.45, 2.75) is 19.4 Å². The number of hydrogen-bond acceptors (Lipinski definition) is 2. The van der Waals surface area contributed by atoms with E-state index in [0.717, 1.165) is 18.1 Å². The Kier molecular flexibility index (Phi) is 2.35. The molecule has 2 nitrogen and oxygen atoms in total. The topological polar surface area (TPSA) is 21.6 Å². The first-order valence-electron chi connectivity index (χ1n) is 4.73. The van der Waals surface area contributed by atoms with E-state index in [0.29, 0.717) is 0 Å². The van der Waals surface area contributed by atoms with Crippen molar-refractivity contribution in [3.05, 3.63) is 48.2 Å². The number of ether oxygens (including phenoxy) is 1. The number of nitrogens with zero attached hydrogens (tertiary/aromatic N) is 1. The van der Waals surface area contributed by atoms with Crippen LogP contribution in [0.2, 0.25) is 0 Å². The third-order valence-corrected chi connectivity index (χ3v) is 2.25. The maximum absolute atomic E-state index is 5.43. The van der Waals surface area contributed by atoms with Crippen molar-refractivity contribution in [3.63, 3.8) is 0 Å². The quantitative estimate of drug-likeness (QED) is 0.697. The molecule has 72 valence electrons. The van der Waals surface area contributed by atoms with Gasteiger partial charge in [-0.3, -0.25) is 0 Å². The summed E-state index contributed by atoms with van der Waals surface area (Å²) in [7, 11) is 0. The maximum Gasteiger partial charge on any atom is 0.194 e. The van der Waals surface area contributed by atoms with Gasteiger partial charge < -0.3 is 4.74 Å². The van der Waals surface area contributed by atoms with Crippen molar-refractivity contribution in [2.24, 2.45) is 4.99 Å². The van der Waals surface area contributed by atoms with E-state index >= 15 is 0 Å². The molecule has 0 aliphatic carbocycles. The minimum atomic E-state index is 0.105. The van der Waals surface area contributed by atoms with Crippen LogP contribution in [0.25, 0.3) is 0 Å². The number of rotatable bonds is 2. The van der Waals surface area contributed by atoms with Gasteiger partial charge in [-0.15, -0.1) is 0 Å². The minimum absolute atomic E-state index is 0.105. The first-order valence-corrected chi connectivity index (χ1v) is 4.73. The lowest BCUT2D eigenvalue weighted by atomic mass is 10.1.